The zero-order valence-corrected chi connectivity index (χ0v) is 61.3. The van der Waals surface area contributed by atoms with Gasteiger partial charge in [0.25, 0.3) is 0 Å². The van der Waals surface area contributed by atoms with Crippen molar-refractivity contribution < 1.29 is 69.4 Å². The first kappa shape index (κ1) is 88.4. The molecule has 0 unspecified atom stereocenters. The molecule has 14 rings (SSSR count). The van der Waals surface area contributed by atoms with Gasteiger partial charge in [0.2, 0.25) is 0 Å². The molecule has 0 bridgehead atoms. The van der Waals surface area contributed by atoms with Gasteiger partial charge in [-0.15, -0.1) is 0 Å². The number of fused-ring (bicyclic) bond motifs is 7. The van der Waals surface area contributed by atoms with Crippen molar-refractivity contribution in [2.45, 2.75) is 62.3 Å². The van der Waals surface area contributed by atoms with Gasteiger partial charge in [-0.25, -0.2) is 24.0 Å². The van der Waals surface area contributed by atoms with Crippen LogP contribution in [0.5, 0.6) is 0 Å². The molecular formula is C83H88O22. The van der Waals surface area contributed by atoms with E-state index in [2.05, 4.69) is 18.9 Å². The number of hydrogen-bond acceptors (Lipinski definition) is 22. The zero-order valence-electron chi connectivity index (χ0n) is 61.3. The summed E-state index contributed by atoms with van der Waals surface area (Å²) in [6.07, 6.45) is 2.81. The van der Waals surface area contributed by atoms with Crippen LogP contribution in [0.1, 0.15) is 62.3 Å². The molecule has 0 amide bonds. The van der Waals surface area contributed by atoms with Crippen LogP contribution in [-0.4, -0.2) is 65.7 Å². The third kappa shape index (κ3) is 33.6. The van der Waals surface area contributed by atoms with Crippen LogP contribution in [0.4, 0.5) is 0 Å². The van der Waals surface area contributed by atoms with Gasteiger partial charge >= 0.3 is 46.0 Å². The number of aliphatic hydroxyl groups excluding tert-OH is 1. The molecule has 0 atom stereocenters. The van der Waals surface area contributed by atoms with Crippen molar-refractivity contribution in [1.82, 2.24) is 0 Å². The molecule has 0 spiro atoms. The lowest BCUT2D eigenvalue weighted by Gasteiger charge is -2.13. The summed E-state index contributed by atoms with van der Waals surface area (Å²) in [6.45, 7) is 16.3. The molecule has 7 aromatic carbocycles. The van der Waals surface area contributed by atoms with Gasteiger partial charge in [0, 0.05) is 97.6 Å². The number of aliphatic hydroxyl groups is 1. The number of rotatable bonds is 0. The fourth-order valence-corrected chi connectivity index (χ4v) is 7.73. The summed E-state index contributed by atoms with van der Waals surface area (Å²) < 4.78 is 52.0. The van der Waals surface area contributed by atoms with Crippen LogP contribution >= 0.6 is 0 Å². The largest absolute Gasteiger partial charge is 0.469 e. The van der Waals surface area contributed by atoms with Gasteiger partial charge in [-0.1, -0.05) is 129 Å². The van der Waals surface area contributed by atoms with Gasteiger partial charge in [-0.3, -0.25) is 24.0 Å². The van der Waals surface area contributed by atoms with Crippen LogP contribution in [0.15, 0.2) is 320 Å². The third-order valence-corrected chi connectivity index (χ3v) is 12.7. The van der Waals surface area contributed by atoms with Crippen molar-refractivity contribution >= 4 is 94.7 Å². The minimum Gasteiger partial charge on any atom is -0.469 e. The second-order valence-electron chi connectivity index (χ2n) is 22.6. The highest BCUT2D eigenvalue weighted by Crippen LogP contribution is 2.17. The Hall–Kier alpha value is -12.7. The fourth-order valence-electron chi connectivity index (χ4n) is 7.73. The van der Waals surface area contributed by atoms with Crippen molar-refractivity contribution in [1.29, 1.82) is 0 Å². The van der Waals surface area contributed by atoms with E-state index in [4.69, 9.17) is 36.0 Å². The standard InChI is InChI=1S/7C9H6O2.2C6H12O2.C3H6O2.C2H6O.C2H6.CH4O/c2*10-8-5-6-11-9-4-2-1-3-7(8)9;5*10-9-6-5-7-3-1-2-4-8(7)11-9;2*1-6(2,3)5(7)8-4;1-3(4)5-2;1-3-2;2*1-2/h7*1-6H;2*1-4H3;1-2H3;1-2H3;1-2H3;2H,1H3. The second-order valence-corrected chi connectivity index (χ2v) is 22.6. The maximum atomic E-state index is 11.1. The number of carbonyl (C=O) groups is 3. The molecule has 0 radical (unpaired) electrons. The Morgan fingerprint density at radius 2 is 0.486 bits per heavy atom. The summed E-state index contributed by atoms with van der Waals surface area (Å²) in [4.78, 5) is 107. The van der Waals surface area contributed by atoms with E-state index in [1.165, 1.54) is 83.2 Å². The number of benzene rings is 7. The van der Waals surface area contributed by atoms with E-state index in [1.807, 2.05) is 171 Å². The summed E-state index contributed by atoms with van der Waals surface area (Å²) in [5, 5.41) is 13.0. The lowest BCUT2D eigenvalue weighted by atomic mass is 9.98. The van der Waals surface area contributed by atoms with Gasteiger partial charge in [0.1, 0.15) is 39.1 Å². The van der Waals surface area contributed by atoms with Crippen LogP contribution in [0.2, 0.25) is 0 Å². The van der Waals surface area contributed by atoms with Gasteiger partial charge in [0.05, 0.1) is 55.5 Å². The Balaban J connectivity index is 0.000000395. The number of methoxy groups -OCH3 is 4. The SMILES string of the molecule is CC.CO.COC.COC(=O)C(C)(C)C.COC(=O)C(C)(C)C.COC(C)=O.O=c1ccc2ccccc2o1.O=c1ccc2ccccc2o1.O=c1ccc2ccccc2o1.O=c1ccc2ccccc2o1.O=c1ccc2ccccc2o1.O=c1ccoc2ccccc12.O=c1ccoc2ccccc12. The fraction of sp³-hybridized carbons (Fsp3) is 0.205. The highest BCUT2D eigenvalue weighted by Gasteiger charge is 2.22. The highest BCUT2D eigenvalue weighted by atomic mass is 16.5. The smallest absolute Gasteiger partial charge is 0.336 e. The maximum absolute atomic E-state index is 11.1. The first-order chi connectivity index (χ1) is 50.2. The first-order valence-electron chi connectivity index (χ1n) is 32.2. The minimum atomic E-state index is -0.352. The Morgan fingerprint density at radius 3 is 0.657 bits per heavy atom. The van der Waals surface area contributed by atoms with Crippen molar-refractivity contribution in [3.8, 4) is 0 Å². The molecular weight excluding hydrogens is 1350 g/mol. The number of esters is 3. The molecule has 7 heterocycles. The van der Waals surface area contributed by atoms with E-state index in [9.17, 15) is 47.9 Å². The van der Waals surface area contributed by atoms with Crippen LogP contribution in [-0.2, 0) is 33.3 Å². The first-order valence-corrected chi connectivity index (χ1v) is 32.2. The summed E-state index contributed by atoms with van der Waals surface area (Å²) in [5.74, 6) is -0.583. The van der Waals surface area contributed by atoms with Crippen molar-refractivity contribution in [3.05, 3.63) is 328 Å². The monoisotopic (exact) mass is 1440 g/mol. The van der Waals surface area contributed by atoms with Crippen molar-refractivity contribution in [2.24, 2.45) is 10.8 Å². The molecule has 0 saturated carbocycles. The Labute approximate surface area is 604 Å². The minimum absolute atomic E-state index is 0.00634. The van der Waals surface area contributed by atoms with Crippen molar-refractivity contribution in [2.75, 3.05) is 42.7 Å². The topological polar surface area (TPSA) is 320 Å². The number of para-hydroxylation sites is 7. The predicted molar refractivity (Wildman–Crippen MR) is 410 cm³/mol. The van der Waals surface area contributed by atoms with Crippen molar-refractivity contribution in [3.63, 3.8) is 0 Å². The van der Waals surface area contributed by atoms with E-state index in [0.717, 1.165) is 34.0 Å². The Morgan fingerprint density at radius 1 is 0.295 bits per heavy atom. The van der Waals surface area contributed by atoms with Crippen LogP contribution in [0.25, 0.3) is 76.8 Å². The van der Waals surface area contributed by atoms with E-state index in [1.54, 1.807) is 99.1 Å². The molecule has 0 aliphatic rings. The summed E-state index contributed by atoms with van der Waals surface area (Å²) in [6, 6.07) is 70.2. The molecule has 14 aromatic rings. The highest BCUT2D eigenvalue weighted by molar-refractivity contribution is 5.80. The molecule has 0 aliphatic carbocycles. The summed E-state index contributed by atoms with van der Waals surface area (Å²) in [5.41, 5.74) is 2.27. The molecule has 1 N–H and O–H groups in total. The lowest BCUT2D eigenvalue weighted by molar-refractivity contribution is -0.150. The maximum Gasteiger partial charge on any atom is 0.336 e. The van der Waals surface area contributed by atoms with Crippen LogP contribution < -0.4 is 39.0 Å². The Bertz CT molecular complexity index is 4700. The van der Waals surface area contributed by atoms with Gasteiger partial charge < -0.3 is 55.0 Å². The zero-order chi connectivity index (χ0) is 78.3. The average Bonchev–Trinajstić information content (AvgIpc) is 0.813. The molecule has 105 heavy (non-hydrogen) atoms. The summed E-state index contributed by atoms with van der Waals surface area (Å²) >= 11 is 0. The molecule has 0 aliphatic heterocycles. The Kier molecular flexibility index (Phi) is 40.6. The molecule has 22 heteroatoms. The van der Waals surface area contributed by atoms with E-state index in [-0.39, 0.29) is 67.7 Å². The molecule has 7 aromatic heterocycles. The molecule has 0 fully saturated rings. The van der Waals surface area contributed by atoms with E-state index < -0.39 is 0 Å². The van der Waals surface area contributed by atoms with E-state index in [0.29, 0.717) is 49.9 Å². The van der Waals surface area contributed by atoms with Gasteiger partial charge in [-0.2, -0.15) is 0 Å². The van der Waals surface area contributed by atoms with Crippen LogP contribution in [0.3, 0.4) is 0 Å². The second kappa shape index (κ2) is 48.2. The number of ether oxygens (including phenoxy) is 4. The molecule has 0 saturated heterocycles. The van der Waals surface area contributed by atoms with Gasteiger partial charge in [-0.05, 0) is 126 Å². The number of carbonyl (C=O) groups excluding carboxylic acids is 3. The average molecular weight is 1440 g/mol. The van der Waals surface area contributed by atoms with E-state index >= 15 is 0 Å². The predicted octanol–water partition coefficient (Wildman–Crippen LogP) is 16.0. The number of hydrogen-bond donors (Lipinski definition) is 1. The van der Waals surface area contributed by atoms with Crippen LogP contribution in [0, 0.1) is 10.8 Å². The van der Waals surface area contributed by atoms with Gasteiger partial charge in [0.15, 0.2) is 10.9 Å². The third-order valence-electron chi connectivity index (χ3n) is 12.7. The summed E-state index contributed by atoms with van der Waals surface area (Å²) in [7, 11) is 8.39. The molecule has 22 nitrogen and oxygen atoms in total. The quantitative estimate of drug-likeness (QED) is 0.0837. The lowest BCUT2D eigenvalue weighted by Crippen LogP contribution is -2.21. The normalized spacial score (nSPS) is 9.75. The molecule has 552 valence electrons.